The van der Waals surface area contributed by atoms with Gasteiger partial charge in [-0.3, -0.25) is 0 Å². The Balaban J connectivity index is 1.41. The van der Waals surface area contributed by atoms with Crippen LogP contribution in [0.2, 0.25) is 0 Å². The summed E-state index contributed by atoms with van der Waals surface area (Å²) in [6.45, 7) is 0.739. The molecule has 6 nitrogen and oxygen atoms in total. The van der Waals surface area contributed by atoms with Crippen molar-refractivity contribution in [3.63, 3.8) is 0 Å². The number of benzene rings is 2. The molecule has 0 bridgehead atoms. The lowest BCUT2D eigenvalue weighted by atomic mass is 9.97. The van der Waals surface area contributed by atoms with Gasteiger partial charge in [0, 0.05) is 30.3 Å². The zero-order chi connectivity index (χ0) is 24.5. The molecule has 1 fully saturated rings. The van der Waals surface area contributed by atoms with E-state index >= 15 is 0 Å². The SMILES string of the molecule is O=C(O)c1sc(C2CCN(C(=O)Nc3ccc(C(F)(F)F)cc3)CC2)nc1-c1cccc(F)c1. The quantitative estimate of drug-likeness (QED) is 0.432. The van der Waals surface area contributed by atoms with E-state index < -0.39 is 29.6 Å². The topological polar surface area (TPSA) is 82.5 Å². The fourth-order valence-electron chi connectivity index (χ4n) is 3.76. The monoisotopic (exact) mass is 493 g/mol. The van der Waals surface area contributed by atoms with E-state index in [0.29, 0.717) is 36.5 Å². The van der Waals surface area contributed by atoms with Crippen molar-refractivity contribution in [1.82, 2.24) is 9.88 Å². The molecule has 34 heavy (non-hydrogen) atoms. The number of nitrogens with zero attached hydrogens (tertiary/aromatic N) is 2. The molecule has 178 valence electrons. The first-order valence-electron chi connectivity index (χ1n) is 10.3. The third-order valence-electron chi connectivity index (χ3n) is 5.53. The third kappa shape index (κ3) is 5.19. The predicted octanol–water partition coefficient (Wildman–Crippen LogP) is 6.08. The van der Waals surface area contributed by atoms with E-state index in [2.05, 4.69) is 10.3 Å². The van der Waals surface area contributed by atoms with Gasteiger partial charge in [-0.15, -0.1) is 11.3 Å². The van der Waals surface area contributed by atoms with Crippen molar-refractivity contribution >= 4 is 29.0 Å². The van der Waals surface area contributed by atoms with Gasteiger partial charge in [0.1, 0.15) is 10.7 Å². The summed E-state index contributed by atoms with van der Waals surface area (Å²) in [6.07, 6.45) is -3.37. The van der Waals surface area contributed by atoms with Gasteiger partial charge in [0.25, 0.3) is 0 Å². The van der Waals surface area contributed by atoms with Crippen molar-refractivity contribution in [3.8, 4) is 11.3 Å². The normalized spacial score (nSPS) is 14.8. The molecule has 3 aromatic rings. The van der Waals surface area contributed by atoms with Crippen LogP contribution in [0.4, 0.5) is 28.0 Å². The van der Waals surface area contributed by atoms with Gasteiger partial charge >= 0.3 is 18.2 Å². The van der Waals surface area contributed by atoms with Crippen LogP contribution in [0.3, 0.4) is 0 Å². The number of hydrogen-bond donors (Lipinski definition) is 2. The number of carboxylic acids is 1. The molecule has 4 rings (SSSR count). The lowest BCUT2D eigenvalue weighted by Gasteiger charge is -2.31. The van der Waals surface area contributed by atoms with Gasteiger partial charge in [0.15, 0.2) is 0 Å². The molecule has 0 spiro atoms. The van der Waals surface area contributed by atoms with Crippen LogP contribution in [0, 0.1) is 5.82 Å². The fourth-order valence-corrected chi connectivity index (χ4v) is 4.86. The van der Waals surface area contributed by atoms with Crippen molar-refractivity contribution in [2.24, 2.45) is 0 Å². The van der Waals surface area contributed by atoms with E-state index in [1.807, 2.05) is 0 Å². The molecule has 2 heterocycles. The van der Waals surface area contributed by atoms with Crippen LogP contribution in [0.1, 0.15) is 39.0 Å². The zero-order valence-corrected chi connectivity index (χ0v) is 18.4. The number of urea groups is 1. The van der Waals surface area contributed by atoms with E-state index in [9.17, 15) is 32.3 Å². The molecular formula is C23H19F4N3O3S. The molecule has 1 aromatic heterocycles. The number of piperidine rings is 1. The molecule has 0 atom stereocenters. The average Bonchev–Trinajstić information content (AvgIpc) is 3.25. The molecule has 1 aliphatic heterocycles. The number of rotatable bonds is 4. The Hall–Kier alpha value is -3.47. The highest BCUT2D eigenvalue weighted by molar-refractivity contribution is 7.14. The highest BCUT2D eigenvalue weighted by Gasteiger charge is 2.31. The number of nitrogens with one attached hydrogen (secondary N) is 1. The minimum Gasteiger partial charge on any atom is -0.477 e. The number of alkyl halides is 3. The van der Waals surface area contributed by atoms with Crippen molar-refractivity contribution in [3.05, 3.63) is 69.8 Å². The van der Waals surface area contributed by atoms with Crippen LogP contribution in [0.5, 0.6) is 0 Å². The van der Waals surface area contributed by atoms with Crippen LogP contribution >= 0.6 is 11.3 Å². The van der Waals surface area contributed by atoms with E-state index in [1.54, 1.807) is 11.0 Å². The number of carbonyl (C=O) groups is 2. The molecule has 0 radical (unpaired) electrons. The Morgan fingerprint density at radius 1 is 1.09 bits per heavy atom. The van der Waals surface area contributed by atoms with Gasteiger partial charge in [-0.25, -0.2) is 19.0 Å². The Kier molecular flexibility index (Phi) is 6.56. The molecule has 1 aliphatic rings. The van der Waals surface area contributed by atoms with Crippen LogP contribution in [-0.2, 0) is 6.18 Å². The van der Waals surface area contributed by atoms with Crippen molar-refractivity contribution in [2.45, 2.75) is 24.9 Å². The van der Waals surface area contributed by atoms with Crippen molar-refractivity contribution < 1.29 is 32.3 Å². The van der Waals surface area contributed by atoms with E-state index in [1.165, 1.54) is 30.3 Å². The highest BCUT2D eigenvalue weighted by Crippen LogP contribution is 2.37. The van der Waals surface area contributed by atoms with Gasteiger partial charge in [0.05, 0.1) is 16.3 Å². The Bertz CT molecular complexity index is 1200. The van der Waals surface area contributed by atoms with Crippen molar-refractivity contribution in [2.75, 3.05) is 18.4 Å². The van der Waals surface area contributed by atoms with E-state index in [4.69, 9.17) is 0 Å². The number of thiazole rings is 1. The zero-order valence-electron chi connectivity index (χ0n) is 17.6. The fraction of sp³-hybridized carbons (Fsp3) is 0.261. The summed E-state index contributed by atoms with van der Waals surface area (Å²) >= 11 is 1.05. The number of anilines is 1. The Morgan fingerprint density at radius 3 is 2.35 bits per heavy atom. The number of aromatic nitrogens is 1. The second kappa shape index (κ2) is 9.41. The maximum atomic E-state index is 13.6. The van der Waals surface area contributed by atoms with Gasteiger partial charge in [-0.2, -0.15) is 13.2 Å². The van der Waals surface area contributed by atoms with E-state index in [0.717, 1.165) is 23.5 Å². The molecule has 2 N–H and O–H groups in total. The number of carbonyl (C=O) groups excluding carboxylic acids is 1. The van der Waals surface area contributed by atoms with E-state index in [-0.39, 0.29) is 22.2 Å². The maximum Gasteiger partial charge on any atom is 0.416 e. The van der Waals surface area contributed by atoms with Crippen LogP contribution < -0.4 is 5.32 Å². The summed E-state index contributed by atoms with van der Waals surface area (Å²) in [7, 11) is 0. The van der Waals surface area contributed by atoms with Crippen LogP contribution in [0.25, 0.3) is 11.3 Å². The molecule has 0 unspecified atom stereocenters. The molecule has 11 heteroatoms. The molecule has 0 saturated carbocycles. The largest absolute Gasteiger partial charge is 0.477 e. The minimum atomic E-state index is -4.45. The molecule has 2 amide bonds. The highest BCUT2D eigenvalue weighted by atomic mass is 32.1. The number of halogens is 4. The Morgan fingerprint density at radius 2 is 1.76 bits per heavy atom. The molecular weight excluding hydrogens is 474 g/mol. The molecule has 1 saturated heterocycles. The van der Waals surface area contributed by atoms with Crippen molar-refractivity contribution in [1.29, 1.82) is 0 Å². The summed E-state index contributed by atoms with van der Waals surface area (Å²) in [4.78, 5) is 30.3. The Labute approximate surface area is 195 Å². The average molecular weight is 493 g/mol. The second-order valence-electron chi connectivity index (χ2n) is 7.81. The summed E-state index contributed by atoms with van der Waals surface area (Å²) in [5.74, 6) is -1.70. The summed E-state index contributed by atoms with van der Waals surface area (Å²) in [6, 6.07) is 9.37. The lowest BCUT2D eigenvalue weighted by Crippen LogP contribution is -2.40. The number of aromatic carboxylic acids is 1. The first-order valence-corrected chi connectivity index (χ1v) is 11.2. The van der Waals surface area contributed by atoms with Gasteiger partial charge in [-0.1, -0.05) is 12.1 Å². The minimum absolute atomic E-state index is 0.0306. The van der Waals surface area contributed by atoms with Crippen LogP contribution in [-0.4, -0.2) is 40.1 Å². The first kappa shape index (κ1) is 23.7. The molecule has 0 aliphatic carbocycles. The lowest BCUT2D eigenvalue weighted by molar-refractivity contribution is -0.137. The summed E-state index contributed by atoms with van der Waals surface area (Å²) in [5, 5.41) is 12.8. The summed E-state index contributed by atoms with van der Waals surface area (Å²) in [5.41, 5.74) is 0.0571. The smallest absolute Gasteiger partial charge is 0.416 e. The maximum absolute atomic E-state index is 13.6. The predicted molar refractivity (Wildman–Crippen MR) is 118 cm³/mol. The third-order valence-corrected chi connectivity index (χ3v) is 6.74. The van der Waals surface area contributed by atoms with Crippen LogP contribution in [0.15, 0.2) is 48.5 Å². The second-order valence-corrected chi connectivity index (χ2v) is 8.84. The number of likely N-dealkylation sites (tertiary alicyclic amines) is 1. The standard InChI is InChI=1S/C23H19F4N3O3S/c24-16-3-1-2-14(12-16)18-19(21(31)32)34-20(29-18)13-8-10-30(11-9-13)22(33)28-17-6-4-15(5-7-17)23(25,26)27/h1-7,12-13H,8-11H2,(H,28,33)(H,31,32). The number of carboxylic acid groups (broad SMARTS) is 1. The number of hydrogen-bond acceptors (Lipinski definition) is 4. The molecule has 2 aromatic carbocycles. The summed E-state index contributed by atoms with van der Waals surface area (Å²) < 4.78 is 51.7. The van der Waals surface area contributed by atoms with Gasteiger partial charge in [0.2, 0.25) is 0 Å². The van der Waals surface area contributed by atoms with Gasteiger partial charge in [-0.05, 0) is 49.2 Å². The van der Waals surface area contributed by atoms with Gasteiger partial charge < -0.3 is 15.3 Å². The number of amides is 2. The first-order chi connectivity index (χ1) is 16.1.